The lowest BCUT2D eigenvalue weighted by atomic mass is 10.0. The van der Waals surface area contributed by atoms with E-state index >= 15 is 0 Å². The van der Waals surface area contributed by atoms with E-state index in [9.17, 15) is 9.59 Å². The number of carbonyl (C=O) groups excluding carboxylic acids is 2. The van der Waals surface area contributed by atoms with E-state index in [-0.39, 0.29) is 5.78 Å². The number of ether oxygens (including phenoxy) is 3. The van der Waals surface area contributed by atoms with Crippen molar-refractivity contribution >= 4 is 11.8 Å². The highest BCUT2D eigenvalue weighted by molar-refractivity contribution is 6.09. The molecule has 0 saturated carbocycles. The number of carbonyl (C=O) groups is 2. The molecule has 0 heterocycles. The van der Waals surface area contributed by atoms with Gasteiger partial charge in [0.2, 0.25) is 0 Å². The zero-order valence-electron chi connectivity index (χ0n) is 12.6. The van der Waals surface area contributed by atoms with Gasteiger partial charge in [-0.3, -0.25) is 9.59 Å². The molecule has 22 heavy (non-hydrogen) atoms. The van der Waals surface area contributed by atoms with Gasteiger partial charge in [0, 0.05) is 24.1 Å². The van der Waals surface area contributed by atoms with Gasteiger partial charge in [-0.15, -0.1) is 0 Å². The Morgan fingerprint density at radius 1 is 0.773 bits per heavy atom. The molecule has 0 N–H and O–H groups in total. The molecule has 0 atom stereocenters. The van der Waals surface area contributed by atoms with Gasteiger partial charge in [0.05, 0.1) is 14.2 Å². The summed E-state index contributed by atoms with van der Waals surface area (Å²) < 4.78 is 15.3. The van der Waals surface area contributed by atoms with Crippen LogP contribution in [0.4, 0.5) is 0 Å². The van der Waals surface area contributed by atoms with Crippen LogP contribution in [0.5, 0.6) is 17.2 Å². The van der Waals surface area contributed by atoms with E-state index < -0.39 is 5.97 Å². The van der Waals surface area contributed by atoms with Gasteiger partial charge in [-0.2, -0.15) is 0 Å². The van der Waals surface area contributed by atoms with E-state index in [1.807, 2.05) is 0 Å². The van der Waals surface area contributed by atoms with Gasteiger partial charge in [0.25, 0.3) is 0 Å². The van der Waals surface area contributed by atoms with Crippen molar-refractivity contribution < 1.29 is 23.8 Å². The second-order valence-corrected chi connectivity index (χ2v) is 4.55. The minimum absolute atomic E-state index is 0.174. The highest BCUT2D eigenvalue weighted by Crippen LogP contribution is 2.25. The maximum Gasteiger partial charge on any atom is 0.308 e. The Labute approximate surface area is 128 Å². The second kappa shape index (κ2) is 6.76. The molecule has 0 spiro atoms. The third-order valence-corrected chi connectivity index (χ3v) is 2.99. The molecule has 5 heteroatoms. The van der Waals surface area contributed by atoms with E-state index in [0.29, 0.717) is 28.4 Å². The molecule has 0 amide bonds. The SMILES string of the molecule is COc1cc(OC)cc(C(=O)c2ccc(OC(C)=O)cc2)c1. The lowest BCUT2D eigenvalue weighted by Crippen LogP contribution is -2.04. The second-order valence-electron chi connectivity index (χ2n) is 4.55. The van der Waals surface area contributed by atoms with Crippen molar-refractivity contribution in [2.24, 2.45) is 0 Å². The molecule has 2 aromatic carbocycles. The van der Waals surface area contributed by atoms with Gasteiger partial charge in [-0.05, 0) is 36.4 Å². The number of benzene rings is 2. The van der Waals surface area contributed by atoms with Gasteiger partial charge >= 0.3 is 5.97 Å². The van der Waals surface area contributed by atoms with Crippen LogP contribution in [0.25, 0.3) is 0 Å². The van der Waals surface area contributed by atoms with Crippen molar-refractivity contribution in [2.45, 2.75) is 6.92 Å². The smallest absolute Gasteiger partial charge is 0.308 e. The lowest BCUT2D eigenvalue weighted by Gasteiger charge is -2.08. The van der Waals surface area contributed by atoms with Gasteiger partial charge < -0.3 is 14.2 Å². The first-order chi connectivity index (χ1) is 10.5. The molecular weight excluding hydrogens is 284 g/mol. The highest BCUT2D eigenvalue weighted by Gasteiger charge is 2.12. The Morgan fingerprint density at radius 3 is 1.77 bits per heavy atom. The minimum atomic E-state index is -0.406. The molecule has 0 aliphatic heterocycles. The van der Waals surface area contributed by atoms with Crippen molar-refractivity contribution in [3.63, 3.8) is 0 Å². The van der Waals surface area contributed by atoms with Crippen LogP contribution >= 0.6 is 0 Å². The molecule has 0 saturated heterocycles. The van der Waals surface area contributed by atoms with Crippen LogP contribution in [0, 0.1) is 0 Å². The fourth-order valence-corrected chi connectivity index (χ4v) is 1.95. The molecule has 5 nitrogen and oxygen atoms in total. The van der Waals surface area contributed by atoms with E-state index in [4.69, 9.17) is 14.2 Å². The Kier molecular flexibility index (Phi) is 4.78. The summed E-state index contributed by atoms with van der Waals surface area (Å²) in [6.45, 7) is 1.32. The molecule has 2 aromatic rings. The van der Waals surface area contributed by atoms with Crippen LogP contribution in [0.3, 0.4) is 0 Å². The van der Waals surface area contributed by atoms with Crippen LogP contribution in [0.1, 0.15) is 22.8 Å². The van der Waals surface area contributed by atoms with Gasteiger partial charge in [0.1, 0.15) is 17.2 Å². The normalized spacial score (nSPS) is 9.95. The van der Waals surface area contributed by atoms with Crippen molar-refractivity contribution in [2.75, 3.05) is 14.2 Å². The summed E-state index contributed by atoms with van der Waals surface area (Å²) in [5.74, 6) is 0.897. The quantitative estimate of drug-likeness (QED) is 0.483. The van der Waals surface area contributed by atoms with Crippen LogP contribution in [-0.4, -0.2) is 26.0 Å². The first-order valence-corrected chi connectivity index (χ1v) is 6.59. The molecule has 0 aromatic heterocycles. The summed E-state index contributed by atoms with van der Waals surface area (Å²) in [6.07, 6.45) is 0. The summed E-state index contributed by atoms with van der Waals surface area (Å²) in [7, 11) is 3.05. The average molecular weight is 300 g/mol. The number of esters is 1. The van der Waals surface area contributed by atoms with E-state index in [0.717, 1.165) is 0 Å². The zero-order valence-corrected chi connectivity index (χ0v) is 12.6. The number of hydrogen-bond donors (Lipinski definition) is 0. The van der Waals surface area contributed by atoms with Gasteiger partial charge in [-0.1, -0.05) is 0 Å². The fraction of sp³-hybridized carbons (Fsp3) is 0.176. The maximum atomic E-state index is 12.5. The summed E-state index contributed by atoms with van der Waals surface area (Å²) in [4.78, 5) is 23.4. The van der Waals surface area contributed by atoms with E-state index in [2.05, 4.69) is 0 Å². The minimum Gasteiger partial charge on any atom is -0.497 e. The van der Waals surface area contributed by atoms with Crippen molar-refractivity contribution in [1.29, 1.82) is 0 Å². The summed E-state index contributed by atoms with van der Waals surface area (Å²) in [5, 5.41) is 0. The third-order valence-electron chi connectivity index (χ3n) is 2.99. The number of methoxy groups -OCH3 is 2. The molecule has 0 unspecified atom stereocenters. The molecule has 0 fully saturated rings. The molecule has 2 rings (SSSR count). The topological polar surface area (TPSA) is 61.8 Å². The summed E-state index contributed by atoms with van der Waals surface area (Å²) in [6, 6.07) is 11.3. The van der Waals surface area contributed by atoms with Crippen molar-refractivity contribution in [3.05, 3.63) is 53.6 Å². The first-order valence-electron chi connectivity index (χ1n) is 6.59. The number of rotatable bonds is 5. The lowest BCUT2D eigenvalue weighted by molar-refractivity contribution is -0.131. The summed E-state index contributed by atoms with van der Waals surface area (Å²) in [5.41, 5.74) is 0.933. The Hall–Kier alpha value is -2.82. The van der Waals surface area contributed by atoms with Crippen LogP contribution in [0.2, 0.25) is 0 Å². The zero-order chi connectivity index (χ0) is 16.1. The highest BCUT2D eigenvalue weighted by atomic mass is 16.5. The van der Waals surface area contributed by atoms with E-state index in [1.54, 1.807) is 42.5 Å². The number of hydrogen-bond acceptors (Lipinski definition) is 5. The van der Waals surface area contributed by atoms with Crippen LogP contribution in [-0.2, 0) is 4.79 Å². The largest absolute Gasteiger partial charge is 0.497 e. The fourth-order valence-electron chi connectivity index (χ4n) is 1.95. The predicted molar refractivity (Wildman–Crippen MR) is 80.7 cm³/mol. The third kappa shape index (κ3) is 3.63. The van der Waals surface area contributed by atoms with Crippen LogP contribution in [0.15, 0.2) is 42.5 Å². The number of ketones is 1. The molecule has 114 valence electrons. The van der Waals surface area contributed by atoms with E-state index in [1.165, 1.54) is 21.1 Å². The Morgan fingerprint density at radius 2 is 1.32 bits per heavy atom. The monoisotopic (exact) mass is 300 g/mol. The first kappa shape index (κ1) is 15.6. The van der Waals surface area contributed by atoms with Crippen LogP contribution < -0.4 is 14.2 Å². The predicted octanol–water partition coefficient (Wildman–Crippen LogP) is 2.86. The van der Waals surface area contributed by atoms with Crippen molar-refractivity contribution in [1.82, 2.24) is 0 Å². The Balaban J connectivity index is 2.29. The van der Waals surface area contributed by atoms with Crippen molar-refractivity contribution in [3.8, 4) is 17.2 Å². The van der Waals surface area contributed by atoms with Gasteiger partial charge in [0.15, 0.2) is 5.78 Å². The molecule has 0 aliphatic carbocycles. The maximum absolute atomic E-state index is 12.5. The average Bonchev–Trinajstić information content (AvgIpc) is 2.53. The standard InChI is InChI=1S/C17H16O5/c1-11(18)22-14-6-4-12(5-7-14)17(19)13-8-15(20-2)10-16(9-13)21-3/h4-10H,1-3H3. The molecular formula is C17H16O5. The van der Waals surface area contributed by atoms with Gasteiger partial charge in [-0.25, -0.2) is 0 Å². The summed E-state index contributed by atoms with van der Waals surface area (Å²) >= 11 is 0. The molecule has 0 bridgehead atoms. The molecule has 0 radical (unpaired) electrons. The Bertz CT molecular complexity index is 666. The molecule has 0 aliphatic rings.